The van der Waals surface area contributed by atoms with Gasteiger partial charge in [0.05, 0.1) is 0 Å². The number of carbonyl (C=O) groups is 3. The van der Waals surface area contributed by atoms with Crippen LogP contribution in [0, 0.1) is 0 Å². The van der Waals surface area contributed by atoms with Gasteiger partial charge in [-0.05, 0) is 135 Å². The van der Waals surface area contributed by atoms with Crippen LogP contribution in [-0.4, -0.2) is 37.2 Å². The predicted octanol–water partition coefficient (Wildman–Crippen LogP) is 21.4. The lowest BCUT2D eigenvalue weighted by Crippen LogP contribution is -2.30. The number of esters is 3. The Kier molecular flexibility index (Phi) is 59.4. The molecule has 0 aliphatic heterocycles. The molecule has 76 heavy (non-hydrogen) atoms. The normalized spacial score (nSPS) is 13.0. The lowest BCUT2D eigenvalue weighted by Gasteiger charge is -2.18. The second-order valence-electron chi connectivity index (χ2n) is 20.2. The second kappa shape index (κ2) is 63.1. The molecular formula is C70H114O6. The minimum atomic E-state index is -0.803. The van der Waals surface area contributed by atoms with E-state index < -0.39 is 6.10 Å². The summed E-state index contributed by atoms with van der Waals surface area (Å²) in [5.41, 5.74) is 0. The van der Waals surface area contributed by atoms with Crippen molar-refractivity contribution >= 4 is 17.9 Å². The molecule has 0 aliphatic rings. The maximum absolute atomic E-state index is 12.9. The fourth-order valence-corrected chi connectivity index (χ4v) is 8.25. The van der Waals surface area contributed by atoms with E-state index in [0.717, 1.165) is 141 Å². The number of unbranched alkanes of at least 4 members (excludes halogenated alkanes) is 22. The summed E-state index contributed by atoms with van der Waals surface area (Å²) in [6.45, 7) is 6.36. The van der Waals surface area contributed by atoms with E-state index in [2.05, 4.69) is 154 Å². The van der Waals surface area contributed by atoms with E-state index in [1.54, 1.807) is 0 Å². The van der Waals surface area contributed by atoms with Gasteiger partial charge in [0.1, 0.15) is 13.2 Å². The van der Waals surface area contributed by atoms with Gasteiger partial charge in [0, 0.05) is 19.3 Å². The topological polar surface area (TPSA) is 78.9 Å². The number of carbonyl (C=O) groups excluding carboxylic acids is 3. The third kappa shape index (κ3) is 60.4. The molecule has 0 N–H and O–H groups in total. The van der Waals surface area contributed by atoms with E-state index >= 15 is 0 Å². The lowest BCUT2D eigenvalue weighted by molar-refractivity contribution is -0.167. The number of rotatable bonds is 55. The summed E-state index contributed by atoms with van der Waals surface area (Å²) in [5.74, 6) is -0.944. The first-order valence-electron chi connectivity index (χ1n) is 31.2. The molecule has 0 aromatic carbocycles. The van der Waals surface area contributed by atoms with Crippen LogP contribution in [0.3, 0.4) is 0 Å². The Hall–Kier alpha value is -4.45. The molecule has 0 aliphatic carbocycles. The Labute approximate surface area is 468 Å². The molecule has 0 saturated carbocycles. The van der Waals surface area contributed by atoms with Gasteiger partial charge in [0.2, 0.25) is 0 Å². The minimum Gasteiger partial charge on any atom is -0.462 e. The van der Waals surface area contributed by atoms with Crippen LogP contribution in [0.4, 0.5) is 0 Å². The zero-order valence-corrected chi connectivity index (χ0v) is 49.2. The van der Waals surface area contributed by atoms with Crippen molar-refractivity contribution in [1.82, 2.24) is 0 Å². The van der Waals surface area contributed by atoms with Gasteiger partial charge in [-0.2, -0.15) is 0 Å². The van der Waals surface area contributed by atoms with Gasteiger partial charge in [0.25, 0.3) is 0 Å². The first-order chi connectivity index (χ1) is 37.5. The van der Waals surface area contributed by atoms with Crippen molar-refractivity contribution < 1.29 is 28.6 Å². The zero-order valence-electron chi connectivity index (χ0n) is 49.2. The predicted molar refractivity (Wildman–Crippen MR) is 329 cm³/mol. The molecule has 1 atom stereocenters. The molecule has 0 amide bonds. The van der Waals surface area contributed by atoms with Crippen LogP contribution in [0.25, 0.3) is 0 Å². The molecule has 430 valence electrons. The molecule has 0 rings (SSSR count). The van der Waals surface area contributed by atoms with Crippen molar-refractivity contribution in [3.05, 3.63) is 134 Å². The molecule has 0 fully saturated rings. The zero-order chi connectivity index (χ0) is 55.0. The third-order valence-electron chi connectivity index (χ3n) is 12.9. The molecule has 0 heterocycles. The highest BCUT2D eigenvalue weighted by atomic mass is 16.6. The van der Waals surface area contributed by atoms with Crippen LogP contribution < -0.4 is 0 Å². The highest BCUT2D eigenvalue weighted by Crippen LogP contribution is 2.15. The molecule has 0 spiro atoms. The van der Waals surface area contributed by atoms with Crippen LogP contribution >= 0.6 is 0 Å². The molecule has 6 nitrogen and oxygen atoms in total. The number of hydrogen-bond acceptors (Lipinski definition) is 6. The molecule has 0 radical (unpaired) electrons. The molecule has 0 aromatic rings. The summed E-state index contributed by atoms with van der Waals surface area (Å²) in [6, 6.07) is 0. The van der Waals surface area contributed by atoms with Gasteiger partial charge >= 0.3 is 17.9 Å². The average molecular weight is 1050 g/mol. The number of allylic oxidation sites excluding steroid dienone is 22. The van der Waals surface area contributed by atoms with Crippen molar-refractivity contribution in [2.24, 2.45) is 0 Å². The lowest BCUT2D eigenvalue weighted by atomic mass is 10.1. The highest BCUT2D eigenvalue weighted by Gasteiger charge is 2.19. The summed E-state index contributed by atoms with van der Waals surface area (Å²) in [7, 11) is 0. The first-order valence-corrected chi connectivity index (χ1v) is 31.2. The Balaban J connectivity index is 4.38. The van der Waals surface area contributed by atoms with Crippen molar-refractivity contribution in [2.75, 3.05) is 13.2 Å². The second-order valence-corrected chi connectivity index (χ2v) is 20.2. The summed E-state index contributed by atoms with van der Waals surface area (Å²) in [5, 5.41) is 0. The van der Waals surface area contributed by atoms with Gasteiger partial charge in [-0.3, -0.25) is 14.4 Å². The van der Waals surface area contributed by atoms with Gasteiger partial charge in [0.15, 0.2) is 6.10 Å². The van der Waals surface area contributed by atoms with Gasteiger partial charge in [-0.15, -0.1) is 0 Å². The van der Waals surface area contributed by atoms with Crippen molar-refractivity contribution in [3.63, 3.8) is 0 Å². The van der Waals surface area contributed by atoms with E-state index in [1.165, 1.54) is 89.9 Å². The SMILES string of the molecule is CC/C=C\C/C=C\C/C=C\C/C=C\C/C=C\C/C=C\CCCCCCCCCCC(=O)OCC(COC(=O)CCCCC/C=C\C/C=C\C/C=C\CC)OC(=O)CCCCCCCCC/C=C\C/C=C\CCCCCC. The summed E-state index contributed by atoms with van der Waals surface area (Å²) < 4.78 is 16.9. The van der Waals surface area contributed by atoms with Crippen molar-refractivity contribution in [3.8, 4) is 0 Å². The summed E-state index contributed by atoms with van der Waals surface area (Å²) >= 11 is 0. The number of ether oxygens (including phenoxy) is 3. The average Bonchev–Trinajstić information content (AvgIpc) is 3.42. The Morgan fingerprint density at radius 1 is 0.276 bits per heavy atom. The minimum absolute atomic E-state index is 0.0988. The van der Waals surface area contributed by atoms with E-state index in [0.29, 0.717) is 19.3 Å². The van der Waals surface area contributed by atoms with E-state index in [1.807, 2.05) is 0 Å². The Morgan fingerprint density at radius 2 is 0.513 bits per heavy atom. The fraction of sp³-hybridized carbons (Fsp3) is 0.643. The van der Waals surface area contributed by atoms with Crippen molar-refractivity contribution in [2.45, 2.75) is 277 Å². The molecule has 1 unspecified atom stereocenters. The van der Waals surface area contributed by atoms with Crippen LogP contribution in [0.5, 0.6) is 0 Å². The standard InChI is InChI=1S/C70H114O6/c1-4-7-10-13-16-19-22-25-27-29-31-32-33-34-35-36-37-38-39-41-42-45-48-51-54-57-60-63-69(72)75-66-67(65-74-68(71)62-59-56-53-50-47-44-24-21-18-15-12-9-6-3)76-70(73)64-61-58-55-52-49-46-43-40-30-28-26-23-20-17-14-11-8-5-2/h7,9-10,12,16,18-21,23,25,27-28,30-32,34-35,37-38,44,47,67H,4-6,8,11,13-15,17,22,24,26,29,33,36,39-43,45-46,48-66H2,1-3H3/b10-7-,12-9-,19-16-,21-18-,23-20-,27-25-,30-28-,32-31-,35-34-,38-37-,47-44-. The van der Waals surface area contributed by atoms with Crippen LogP contribution in [0.1, 0.15) is 271 Å². The Bertz CT molecular complexity index is 1630. The summed E-state index contributed by atoms with van der Waals surface area (Å²) in [6.07, 6.45) is 88.8. The van der Waals surface area contributed by atoms with Crippen LogP contribution in [-0.2, 0) is 28.6 Å². The van der Waals surface area contributed by atoms with E-state index in [-0.39, 0.29) is 31.1 Å². The fourth-order valence-electron chi connectivity index (χ4n) is 8.25. The molecule has 0 saturated heterocycles. The monoisotopic (exact) mass is 1050 g/mol. The molecule has 6 heteroatoms. The third-order valence-corrected chi connectivity index (χ3v) is 12.9. The van der Waals surface area contributed by atoms with E-state index in [4.69, 9.17) is 14.2 Å². The maximum atomic E-state index is 12.9. The molecule has 0 bridgehead atoms. The molecular weight excluding hydrogens is 937 g/mol. The highest BCUT2D eigenvalue weighted by molar-refractivity contribution is 5.71. The van der Waals surface area contributed by atoms with Gasteiger partial charge in [-0.1, -0.05) is 251 Å². The van der Waals surface area contributed by atoms with Gasteiger partial charge < -0.3 is 14.2 Å². The quantitative estimate of drug-likeness (QED) is 0.0261. The molecule has 0 aromatic heterocycles. The van der Waals surface area contributed by atoms with Crippen LogP contribution in [0.15, 0.2) is 134 Å². The first kappa shape index (κ1) is 71.5. The summed E-state index contributed by atoms with van der Waals surface area (Å²) in [4.78, 5) is 38.3. The van der Waals surface area contributed by atoms with Crippen LogP contribution in [0.2, 0.25) is 0 Å². The van der Waals surface area contributed by atoms with E-state index in [9.17, 15) is 14.4 Å². The van der Waals surface area contributed by atoms with Gasteiger partial charge in [-0.25, -0.2) is 0 Å². The maximum Gasteiger partial charge on any atom is 0.306 e. The smallest absolute Gasteiger partial charge is 0.306 e. The number of hydrogen-bond donors (Lipinski definition) is 0. The Morgan fingerprint density at radius 3 is 0.816 bits per heavy atom. The largest absolute Gasteiger partial charge is 0.462 e. The van der Waals surface area contributed by atoms with Crippen molar-refractivity contribution in [1.29, 1.82) is 0 Å².